The summed E-state index contributed by atoms with van der Waals surface area (Å²) in [6.45, 7) is 8.39. The molecule has 1 aromatic carbocycles. The Morgan fingerprint density at radius 1 is 1.07 bits per heavy atom. The first-order valence-corrected chi connectivity index (χ1v) is 9.93. The highest BCUT2D eigenvalue weighted by Crippen LogP contribution is 2.18. The minimum atomic E-state index is -0.551. The summed E-state index contributed by atoms with van der Waals surface area (Å²) in [6.07, 6.45) is 0.740. The number of rotatable bonds is 8. The van der Waals surface area contributed by atoms with Crippen LogP contribution in [0.3, 0.4) is 0 Å². The van der Waals surface area contributed by atoms with Gasteiger partial charge in [-0.05, 0) is 52.3 Å². The number of nitrogens with zero attached hydrogens (tertiary/aromatic N) is 4. The number of esters is 1. The number of hydrogen-bond acceptors (Lipinski definition) is 5. The molecular weight excluding hydrogens is 382 g/mol. The third-order valence-corrected chi connectivity index (χ3v) is 4.80. The lowest BCUT2D eigenvalue weighted by molar-refractivity contribution is -0.124. The van der Waals surface area contributed by atoms with Gasteiger partial charge in [0.15, 0.2) is 6.61 Å². The lowest BCUT2D eigenvalue weighted by Gasteiger charge is -2.08. The largest absolute Gasteiger partial charge is 0.452 e. The summed E-state index contributed by atoms with van der Waals surface area (Å²) in [7, 11) is 0. The molecular formula is C22H27N5O3. The van der Waals surface area contributed by atoms with Crippen LogP contribution in [0.2, 0.25) is 0 Å². The predicted octanol–water partition coefficient (Wildman–Crippen LogP) is 2.67. The third-order valence-electron chi connectivity index (χ3n) is 4.80. The van der Waals surface area contributed by atoms with Crippen molar-refractivity contribution in [1.82, 2.24) is 24.9 Å². The van der Waals surface area contributed by atoms with Gasteiger partial charge >= 0.3 is 5.97 Å². The molecule has 8 heteroatoms. The van der Waals surface area contributed by atoms with Gasteiger partial charge in [-0.25, -0.2) is 9.48 Å². The van der Waals surface area contributed by atoms with Crippen LogP contribution in [0.15, 0.2) is 36.4 Å². The first-order chi connectivity index (χ1) is 14.4. The Kier molecular flexibility index (Phi) is 6.66. The van der Waals surface area contributed by atoms with Gasteiger partial charge in [-0.3, -0.25) is 9.48 Å². The molecule has 1 amide bonds. The van der Waals surface area contributed by atoms with E-state index in [2.05, 4.69) is 15.5 Å². The van der Waals surface area contributed by atoms with Crippen molar-refractivity contribution in [2.24, 2.45) is 0 Å². The Labute approximate surface area is 175 Å². The molecule has 2 aromatic heterocycles. The lowest BCUT2D eigenvalue weighted by Crippen LogP contribution is -2.30. The quantitative estimate of drug-likeness (QED) is 0.456. The highest BCUT2D eigenvalue weighted by atomic mass is 16.5. The fourth-order valence-corrected chi connectivity index (χ4v) is 3.37. The van der Waals surface area contributed by atoms with Gasteiger partial charge in [0.2, 0.25) is 0 Å². The second-order valence-electron chi connectivity index (χ2n) is 7.22. The van der Waals surface area contributed by atoms with Gasteiger partial charge < -0.3 is 10.1 Å². The number of hydrogen-bond donors (Lipinski definition) is 1. The van der Waals surface area contributed by atoms with Crippen LogP contribution in [0.1, 0.15) is 39.6 Å². The third kappa shape index (κ3) is 4.94. The number of carbonyl (C=O) groups is 2. The second-order valence-corrected chi connectivity index (χ2v) is 7.22. The van der Waals surface area contributed by atoms with Crippen molar-refractivity contribution in [1.29, 1.82) is 0 Å². The molecule has 0 radical (unpaired) electrons. The Morgan fingerprint density at radius 2 is 1.80 bits per heavy atom. The average molecular weight is 409 g/mol. The maximum Gasteiger partial charge on any atom is 0.342 e. The summed E-state index contributed by atoms with van der Waals surface area (Å²) < 4.78 is 8.83. The molecule has 0 bridgehead atoms. The maximum atomic E-state index is 12.5. The first-order valence-electron chi connectivity index (χ1n) is 9.93. The van der Waals surface area contributed by atoms with Gasteiger partial charge in [-0.1, -0.05) is 18.2 Å². The molecule has 1 N–H and O–H groups in total. The van der Waals surface area contributed by atoms with Crippen LogP contribution in [0.25, 0.3) is 5.69 Å². The van der Waals surface area contributed by atoms with E-state index in [-0.39, 0.29) is 12.5 Å². The van der Waals surface area contributed by atoms with Crippen LogP contribution in [0.5, 0.6) is 0 Å². The number of aryl methyl sites for hydroxylation is 4. The topological polar surface area (TPSA) is 91.0 Å². The van der Waals surface area contributed by atoms with Crippen LogP contribution in [-0.4, -0.2) is 44.6 Å². The molecule has 0 unspecified atom stereocenters. The molecule has 0 saturated heterocycles. The summed E-state index contributed by atoms with van der Waals surface area (Å²) in [5.41, 5.74) is 4.55. The van der Waals surface area contributed by atoms with E-state index < -0.39 is 5.97 Å². The van der Waals surface area contributed by atoms with E-state index in [9.17, 15) is 9.59 Å². The Morgan fingerprint density at radius 3 is 2.47 bits per heavy atom. The summed E-state index contributed by atoms with van der Waals surface area (Å²) in [4.78, 5) is 24.5. The van der Waals surface area contributed by atoms with Crippen LogP contribution in [-0.2, 0) is 16.1 Å². The van der Waals surface area contributed by atoms with E-state index in [1.54, 1.807) is 11.6 Å². The Bertz CT molecular complexity index is 1040. The Hall–Kier alpha value is -3.42. The van der Waals surface area contributed by atoms with Gasteiger partial charge in [-0.15, -0.1) is 0 Å². The fraction of sp³-hybridized carbons (Fsp3) is 0.364. The number of carbonyl (C=O) groups excluding carboxylic acids is 2. The number of aromatic nitrogens is 4. The number of nitrogens with one attached hydrogen (secondary N) is 1. The molecule has 3 rings (SSSR count). The van der Waals surface area contributed by atoms with Crippen molar-refractivity contribution in [3.8, 4) is 5.69 Å². The average Bonchev–Trinajstić information content (AvgIpc) is 3.21. The van der Waals surface area contributed by atoms with E-state index in [1.165, 1.54) is 0 Å². The number of benzene rings is 1. The monoisotopic (exact) mass is 409 g/mol. The van der Waals surface area contributed by atoms with Crippen molar-refractivity contribution < 1.29 is 14.3 Å². The smallest absolute Gasteiger partial charge is 0.342 e. The minimum Gasteiger partial charge on any atom is -0.452 e. The van der Waals surface area contributed by atoms with Crippen molar-refractivity contribution in [2.75, 3.05) is 13.2 Å². The maximum absolute atomic E-state index is 12.5. The predicted molar refractivity (Wildman–Crippen MR) is 113 cm³/mol. The van der Waals surface area contributed by atoms with Crippen molar-refractivity contribution in [3.63, 3.8) is 0 Å². The molecule has 0 spiro atoms. The highest BCUT2D eigenvalue weighted by molar-refractivity contribution is 5.93. The number of ether oxygens (including phenoxy) is 1. The van der Waals surface area contributed by atoms with E-state index in [0.717, 1.165) is 30.0 Å². The van der Waals surface area contributed by atoms with E-state index >= 15 is 0 Å². The summed E-state index contributed by atoms with van der Waals surface area (Å²) in [6, 6.07) is 11.6. The molecule has 0 fully saturated rings. The molecule has 8 nitrogen and oxygen atoms in total. The standard InChI is InChI=1S/C22H27N5O3/c1-15-13-16(2)26(24-15)12-8-11-23-20(28)14-30-22(29)21-17(3)25-27(18(21)4)19-9-6-5-7-10-19/h5-7,9-10,13H,8,11-12,14H2,1-4H3,(H,23,28). The van der Waals surface area contributed by atoms with Crippen LogP contribution >= 0.6 is 0 Å². The van der Waals surface area contributed by atoms with Gasteiger partial charge in [0, 0.05) is 18.8 Å². The molecule has 30 heavy (non-hydrogen) atoms. The van der Waals surface area contributed by atoms with Crippen LogP contribution in [0, 0.1) is 27.7 Å². The zero-order valence-electron chi connectivity index (χ0n) is 17.8. The molecule has 0 aliphatic heterocycles. The number of amides is 1. The molecule has 3 aromatic rings. The summed E-state index contributed by atoms with van der Waals surface area (Å²) in [5, 5.41) is 11.6. The van der Waals surface area contributed by atoms with Crippen LogP contribution in [0.4, 0.5) is 0 Å². The van der Waals surface area contributed by atoms with E-state index in [1.807, 2.05) is 61.9 Å². The van der Waals surface area contributed by atoms with E-state index in [4.69, 9.17) is 4.74 Å². The molecule has 2 heterocycles. The van der Waals surface area contributed by atoms with Gasteiger partial charge in [0.25, 0.3) is 5.91 Å². The zero-order chi connectivity index (χ0) is 21.7. The first kappa shape index (κ1) is 21.3. The minimum absolute atomic E-state index is 0.325. The SMILES string of the molecule is Cc1cc(C)n(CCCNC(=O)COC(=O)c2c(C)nn(-c3ccccc3)c2C)n1. The zero-order valence-corrected chi connectivity index (χ0v) is 17.8. The van der Waals surface area contributed by atoms with Gasteiger partial charge in [0.05, 0.1) is 22.8 Å². The second kappa shape index (κ2) is 9.39. The lowest BCUT2D eigenvalue weighted by atomic mass is 10.2. The molecule has 0 atom stereocenters. The van der Waals surface area contributed by atoms with Crippen LogP contribution < -0.4 is 5.32 Å². The van der Waals surface area contributed by atoms with Crippen molar-refractivity contribution in [2.45, 2.75) is 40.7 Å². The Balaban J connectivity index is 1.49. The number of para-hydroxylation sites is 1. The molecule has 158 valence electrons. The molecule has 0 aliphatic rings. The van der Waals surface area contributed by atoms with E-state index in [0.29, 0.717) is 23.5 Å². The van der Waals surface area contributed by atoms with Gasteiger partial charge in [0.1, 0.15) is 5.56 Å². The summed E-state index contributed by atoms with van der Waals surface area (Å²) >= 11 is 0. The van der Waals surface area contributed by atoms with Crippen molar-refractivity contribution >= 4 is 11.9 Å². The van der Waals surface area contributed by atoms with Gasteiger partial charge in [-0.2, -0.15) is 10.2 Å². The molecule has 0 aliphatic carbocycles. The van der Waals surface area contributed by atoms with Crippen molar-refractivity contribution in [3.05, 3.63) is 64.7 Å². The summed E-state index contributed by atoms with van der Waals surface area (Å²) in [5.74, 6) is -0.882. The molecule has 0 saturated carbocycles. The highest BCUT2D eigenvalue weighted by Gasteiger charge is 2.21. The normalized spacial score (nSPS) is 10.8. The fourth-order valence-electron chi connectivity index (χ4n) is 3.37.